The Hall–Kier alpha value is -2.21. The molecule has 0 spiro atoms. The molecule has 28 heavy (non-hydrogen) atoms. The van der Waals surface area contributed by atoms with Crippen LogP contribution in [-0.2, 0) is 0 Å². The Balaban J connectivity index is 1.53. The van der Waals surface area contributed by atoms with Crippen LogP contribution in [0.5, 0.6) is 11.5 Å². The SMILES string of the molecule is O=C(O)c1cccc2c1NC(c1cc3c(cc1Br)OCO3)C1C3CCC(C3)C21. The summed E-state index contributed by atoms with van der Waals surface area (Å²) in [4.78, 5) is 11.9. The number of benzene rings is 2. The van der Waals surface area contributed by atoms with E-state index in [2.05, 4.69) is 33.4 Å². The molecular formula is C22H20BrNO4. The monoisotopic (exact) mass is 441 g/mol. The first kappa shape index (κ1) is 16.7. The third-order valence-electron chi connectivity index (χ3n) is 7.18. The fourth-order valence-corrected chi connectivity index (χ4v) is 6.74. The molecule has 2 N–H and O–H groups in total. The summed E-state index contributed by atoms with van der Waals surface area (Å²) in [6.45, 7) is 0.242. The largest absolute Gasteiger partial charge is 0.478 e. The van der Waals surface area contributed by atoms with E-state index >= 15 is 0 Å². The highest BCUT2D eigenvalue weighted by Gasteiger charge is 2.54. The number of para-hydroxylation sites is 1. The number of nitrogens with one attached hydrogen (secondary N) is 1. The maximum atomic E-state index is 11.9. The van der Waals surface area contributed by atoms with E-state index in [9.17, 15) is 9.90 Å². The molecule has 5 atom stereocenters. The molecule has 2 aromatic carbocycles. The van der Waals surface area contributed by atoms with Gasteiger partial charge >= 0.3 is 5.97 Å². The lowest BCUT2D eigenvalue weighted by Gasteiger charge is -2.44. The summed E-state index contributed by atoms with van der Waals surface area (Å²) in [6.07, 6.45) is 3.75. The number of anilines is 1. The Morgan fingerprint density at radius 3 is 2.71 bits per heavy atom. The molecule has 2 aliphatic carbocycles. The molecule has 2 heterocycles. The van der Waals surface area contributed by atoms with Gasteiger partial charge in [0.15, 0.2) is 11.5 Å². The number of carboxylic acid groups (broad SMARTS) is 1. The van der Waals surface area contributed by atoms with Crippen LogP contribution < -0.4 is 14.8 Å². The van der Waals surface area contributed by atoms with E-state index in [1.807, 2.05) is 12.1 Å². The van der Waals surface area contributed by atoms with Gasteiger partial charge in [0.2, 0.25) is 6.79 Å². The summed E-state index contributed by atoms with van der Waals surface area (Å²) in [5, 5.41) is 13.4. The van der Waals surface area contributed by atoms with Gasteiger partial charge in [-0.3, -0.25) is 0 Å². The average molecular weight is 442 g/mol. The summed E-state index contributed by atoms with van der Waals surface area (Å²) in [7, 11) is 0. The average Bonchev–Trinajstić information content (AvgIpc) is 3.42. The number of fused-ring (bicyclic) bond motifs is 8. The van der Waals surface area contributed by atoms with Crippen LogP contribution in [0, 0.1) is 17.8 Å². The minimum absolute atomic E-state index is 0.0529. The van der Waals surface area contributed by atoms with Crippen molar-refractivity contribution >= 4 is 27.6 Å². The summed E-state index contributed by atoms with van der Waals surface area (Å²) in [5.41, 5.74) is 3.46. The molecule has 2 saturated carbocycles. The molecule has 6 heteroatoms. The number of halogens is 1. The lowest BCUT2D eigenvalue weighted by atomic mass is 9.67. The van der Waals surface area contributed by atoms with Gasteiger partial charge in [-0.2, -0.15) is 0 Å². The molecule has 5 nitrogen and oxygen atoms in total. The molecule has 2 bridgehead atoms. The predicted octanol–water partition coefficient (Wildman–Crippen LogP) is 5.17. The van der Waals surface area contributed by atoms with E-state index < -0.39 is 5.97 Å². The molecule has 5 unspecified atom stereocenters. The fourth-order valence-electron chi connectivity index (χ4n) is 6.17. The van der Waals surface area contributed by atoms with Crippen LogP contribution in [0.25, 0.3) is 0 Å². The molecule has 4 aliphatic rings. The Labute approximate surface area is 171 Å². The van der Waals surface area contributed by atoms with Crippen molar-refractivity contribution < 1.29 is 19.4 Å². The second-order valence-electron chi connectivity index (χ2n) is 8.36. The molecule has 0 amide bonds. The van der Waals surface area contributed by atoms with E-state index in [0.717, 1.165) is 27.2 Å². The normalized spacial score (nSPS) is 31.2. The number of carbonyl (C=O) groups is 1. The minimum Gasteiger partial charge on any atom is -0.478 e. The third-order valence-corrected chi connectivity index (χ3v) is 7.87. The van der Waals surface area contributed by atoms with Gasteiger partial charge in [-0.25, -0.2) is 4.79 Å². The van der Waals surface area contributed by atoms with Gasteiger partial charge in [-0.15, -0.1) is 0 Å². The van der Waals surface area contributed by atoms with Crippen LogP contribution in [-0.4, -0.2) is 17.9 Å². The lowest BCUT2D eigenvalue weighted by Crippen LogP contribution is -2.36. The molecule has 144 valence electrons. The quantitative estimate of drug-likeness (QED) is 0.672. The molecule has 2 fully saturated rings. The molecule has 6 rings (SSSR count). The highest BCUT2D eigenvalue weighted by Crippen LogP contribution is 2.64. The number of carboxylic acids is 1. The summed E-state index contributed by atoms with van der Waals surface area (Å²) < 4.78 is 12.1. The van der Waals surface area contributed by atoms with E-state index in [1.54, 1.807) is 6.07 Å². The molecule has 0 saturated heterocycles. The smallest absolute Gasteiger partial charge is 0.337 e. The number of ether oxygens (including phenoxy) is 2. The van der Waals surface area contributed by atoms with Crippen molar-refractivity contribution in [1.82, 2.24) is 0 Å². The summed E-state index contributed by atoms with van der Waals surface area (Å²) in [6, 6.07) is 9.80. The summed E-state index contributed by atoms with van der Waals surface area (Å²) in [5.74, 6) is 2.83. The fraction of sp³-hybridized carbons (Fsp3) is 0.409. The summed E-state index contributed by atoms with van der Waals surface area (Å²) >= 11 is 3.73. The number of rotatable bonds is 2. The van der Waals surface area contributed by atoms with Crippen LogP contribution in [0.15, 0.2) is 34.8 Å². The Morgan fingerprint density at radius 1 is 1.11 bits per heavy atom. The predicted molar refractivity (Wildman–Crippen MR) is 107 cm³/mol. The van der Waals surface area contributed by atoms with Gasteiger partial charge in [-0.1, -0.05) is 28.1 Å². The van der Waals surface area contributed by atoms with Crippen molar-refractivity contribution in [3.63, 3.8) is 0 Å². The van der Waals surface area contributed by atoms with Crippen molar-refractivity contribution in [1.29, 1.82) is 0 Å². The van der Waals surface area contributed by atoms with E-state index in [4.69, 9.17) is 9.47 Å². The van der Waals surface area contributed by atoms with Crippen LogP contribution in [0.2, 0.25) is 0 Å². The van der Waals surface area contributed by atoms with E-state index in [0.29, 0.717) is 29.2 Å². The zero-order valence-corrected chi connectivity index (χ0v) is 16.7. The Morgan fingerprint density at radius 2 is 1.89 bits per heavy atom. The minimum atomic E-state index is -0.880. The van der Waals surface area contributed by atoms with Crippen molar-refractivity contribution in [2.75, 3.05) is 12.1 Å². The first-order valence-corrected chi connectivity index (χ1v) is 10.6. The van der Waals surface area contributed by atoms with Crippen molar-refractivity contribution in [2.24, 2.45) is 17.8 Å². The number of aromatic carboxylic acids is 1. The molecular weight excluding hydrogens is 422 g/mol. The van der Waals surface area contributed by atoms with Crippen molar-refractivity contribution in [2.45, 2.75) is 31.2 Å². The zero-order chi connectivity index (χ0) is 19.0. The van der Waals surface area contributed by atoms with Gasteiger partial charge in [0.05, 0.1) is 17.3 Å². The Kier molecular flexibility index (Phi) is 3.52. The second kappa shape index (κ2) is 5.89. The topological polar surface area (TPSA) is 67.8 Å². The Bertz CT molecular complexity index is 1010. The standard InChI is InChI=1S/C22H20BrNO4/c23-15-8-17-16(27-9-28-17)7-14(15)21-19-11-5-4-10(6-11)18(19)12-2-1-3-13(22(25)26)20(12)24-21/h1-3,7-8,10-11,18-19,21,24H,4-6,9H2,(H,25,26). The second-order valence-corrected chi connectivity index (χ2v) is 9.21. The first-order chi connectivity index (χ1) is 13.6. The lowest BCUT2D eigenvalue weighted by molar-refractivity contribution is 0.0697. The van der Waals surface area contributed by atoms with Gasteiger partial charge in [0.25, 0.3) is 0 Å². The number of hydrogen-bond acceptors (Lipinski definition) is 4. The first-order valence-electron chi connectivity index (χ1n) is 9.83. The van der Waals surface area contributed by atoms with Gasteiger partial charge in [0.1, 0.15) is 0 Å². The number of hydrogen-bond donors (Lipinski definition) is 2. The van der Waals surface area contributed by atoms with Gasteiger partial charge < -0.3 is 19.9 Å². The maximum Gasteiger partial charge on any atom is 0.337 e. The molecule has 2 aromatic rings. The van der Waals surface area contributed by atoms with Crippen LogP contribution in [0.4, 0.5) is 5.69 Å². The van der Waals surface area contributed by atoms with Gasteiger partial charge in [-0.05, 0) is 72.3 Å². The van der Waals surface area contributed by atoms with Crippen molar-refractivity contribution in [3.05, 3.63) is 51.5 Å². The van der Waals surface area contributed by atoms with Crippen LogP contribution in [0.3, 0.4) is 0 Å². The van der Waals surface area contributed by atoms with Crippen molar-refractivity contribution in [3.8, 4) is 11.5 Å². The van der Waals surface area contributed by atoms with E-state index in [-0.39, 0.29) is 12.8 Å². The van der Waals surface area contributed by atoms with E-state index in [1.165, 1.54) is 24.8 Å². The third kappa shape index (κ3) is 2.21. The molecule has 2 aliphatic heterocycles. The van der Waals surface area contributed by atoms with Crippen LogP contribution >= 0.6 is 15.9 Å². The molecule has 0 radical (unpaired) electrons. The van der Waals surface area contributed by atoms with Crippen LogP contribution in [0.1, 0.15) is 52.7 Å². The molecule has 0 aromatic heterocycles. The highest BCUT2D eigenvalue weighted by atomic mass is 79.9. The van der Waals surface area contributed by atoms with Gasteiger partial charge in [0, 0.05) is 4.47 Å². The highest BCUT2D eigenvalue weighted by molar-refractivity contribution is 9.10. The maximum absolute atomic E-state index is 11.9. The zero-order valence-electron chi connectivity index (χ0n) is 15.2.